The van der Waals surface area contributed by atoms with Crippen molar-refractivity contribution in [1.29, 1.82) is 0 Å². The first-order chi connectivity index (χ1) is 17.0. The highest BCUT2D eigenvalue weighted by Crippen LogP contribution is 2.32. The molecule has 0 heterocycles. The van der Waals surface area contributed by atoms with Crippen LogP contribution in [0.25, 0.3) is 0 Å². The number of hydrogen-bond donors (Lipinski definition) is 1. The lowest BCUT2D eigenvalue weighted by Crippen LogP contribution is -2.51. The standard InChI is InChI=1S/C25H34ClN3O6S/c1-6-7-13-27-25(31)18(2)28(16-19-9-8-10-20(26)14-19)24(30)17-29(36(5,32)33)21-11-12-22(34-3)23(15-21)35-4/h8-12,14-15,18H,6-7,13,16-17H2,1-5H3,(H,27,31)/t18-/m1/s1. The van der Waals surface area contributed by atoms with E-state index in [0.29, 0.717) is 28.6 Å². The highest BCUT2D eigenvalue weighted by atomic mass is 35.5. The number of nitrogens with one attached hydrogen (secondary N) is 1. The Labute approximate surface area is 218 Å². The summed E-state index contributed by atoms with van der Waals surface area (Å²) in [5.74, 6) is -0.138. The first-order valence-corrected chi connectivity index (χ1v) is 13.8. The van der Waals surface area contributed by atoms with Gasteiger partial charge in [-0.15, -0.1) is 0 Å². The van der Waals surface area contributed by atoms with Crippen molar-refractivity contribution >= 4 is 39.1 Å². The second-order valence-electron chi connectivity index (χ2n) is 8.28. The molecule has 0 aliphatic heterocycles. The van der Waals surface area contributed by atoms with Gasteiger partial charge in [-0.1, -0.05) is 37.1 Å². The average molecular weight is 540 g/mol. The minimum atomic E-state index is -3.87. The molecule has 2 rings (SSSR count). The molecule has 198 valence electrons. The van der Waals surface area contributed by atoms with Gasteiger partial charge in [0.05, 0.1) is 26.2 Å². The van der Waals surface area contributed by atoms with Gasteiger partial charge in [-0.25, -0.2) is 8.42 Å². The number of carbonyl (C=O) groups is 2. The Morgan fingerprint density at radius 1 is 1.08 bits per heavy atom. The molecule has 0 spiro atoms. The molecule has 0 fully saturated rings. The van der Waals surface area contributed by atoms with E-state index in [1.54, 1.807) is 37.3 Å². The van der Waals surface area contributed by atoms with E-state index in [1.807, 2.05) is 6.92 Å². The van der Waals surface area contributed by atoms with Gasteiger partial charge in [0.2, 0.25) is 21.8 Å². The Hall–Kier alpha value is -2.98. The Morgan fingerprint density at radius 3 is 2.36 bits per heavy atom. The molecule has 0 radical (unpaired) electrons. The van der Waals surface area contributed by atoms with E-state index in [0.717, 1.165) is 23.4 Å². The van der Waals surface area contributed by atoms with Crippen LogP contribution in [0.2, 0.25) is 5.02 Å². The highest BCUT2D eigenvalue weighted by Gasteiger charge is 2.30. The van der Waals surface area contributed by atoms with Crippen LogP contribution in [0.5, 0.6) is 11.5 Å². The molecule has 1 atom stereocenters. The van der Waals surface area contributed by atoms with Crippen molar-refractivity contribution in [3.05, 3.63) is 53.1 Å². The number of ether oxygens (including phenoxy) is 2. The fraction of sp³-hybridized carbons (Fsp3) is 0.440. The van der Waals surface area contributed by atoms with Gasteiger partial charge < -0.3 is 19.7 Å². The number of benzene rings is 2. The van der Waals surface area contributed by atoms with Crippen molar-refractivity contribution in [3.8, 4) is 11.5 Å². The minimum Gasteiger partial charge on any atom is -0.493 e. The third kappa shape index (κ3) is 8.03. The number of carbonyl (C=O) groups excluding carboxylic acids is 2. The van der Waals surface area contributed by atoms with Crippen LogP contribution in [0, 0.1) is 0 Å². The third-order valence-corrected chi connectivity index (χ3v) is 6.95. The Kier molecular flexibility index (Phi) is 10.9. The number of hydrogen-bond acceptors (Lipinski definition) is 6. The van der Waals surface area contributed by atoms with E-state index < -0.39 is 28.5 Å². The maximum absolute atomic E-state index is 13.6. The molecule has 0 aromatic heterocycles. The normalized spacial score (nSPS) is 11.9. The summed E-state index contributed by atoms with van der Waals surface area (Å²) in [7, 11) is -0.964. The lowest BCUT2D eigenvalue weighted by Gasteiger charge is -2.31. The van der Waals surface area contributed by atoms with Crippen molar-refractivity contribution in [3.63, 3.8) is 0 Å². The van der Waals surface area contributed by atoms with Crippen molar-refractivity contribution in [1.82, 2.24) is 10.2 Å². The molecule has 2 amide bonds. The first kappa shape index (κ1) is 29.3. The molecule has 2 aromatic rings. The van der Waals surface area contributed by atoms with Crippen LogP contribution in [0.4, 0.5) is 5.69 Å². The summed E-state index contributed by atoms with van der Waals surface area (Å²) in [5, 5.41) is 3.33. The van der Waals surface area contributed by atoms with Gasteiger partial charge in [0.1, 0.15) is 12.6 Å². The predicted octanol–water partition coefficient (Wildman–Crippen LogP) is 3.46. The smallest absolute Gasteiger partial charge is 0.244 e. The largest absolute Gasteiger partial charge is 0.493 e. The van der Waals surface area contributed by atoms with Gasteiger partial charge in [0, 0.05) is 24.2 Å². The van der Waals surface area contributed by atoms with Crippen LogP contribution in [-0.4, -0.2) is 64.7 Å². The zero-order valence-electron chi connectivity index (χ0n) is 21.3. The Balaban J connectivity index is 2.40. The number of sulfonamides is 1. The molecule has 0 saturated carbocycles. The van der Waals surface area contributed by atoms with E-state index in [1.165, 1.54) is 31.3 Å². The monoisotopic (exact) mass is 539 g/mol. The van der Waals surface area contributed by atoms with E-state index in [2.05, 4.69) is 5.32 Å². The van der Waals surface area contributed by atoms with Crippen LogP contribution in [-0.2, 0) is 26.2 Å². The van der Waals surface area contributed by atoms with Crippen molar-refractivity contribution in [2.45, 2.75) is 39.3 Å². The van der Waals surface area contributed by atoms with Gasteiger partial charge in [-0.2, -0.15) is 0 Å². The molecular weight excluding hydrogens is 506 g/mol. The molecule has 9 nitrogen and oxygen atoms in total. The molecule has 36 heavy (non-hydrogen) atoms. The molecular formula is C25H34ClN3O6S. The van der Waals surface area contributed by atoms with E-state index >= 15 is 0 Å². The van der Waals surface area contributed by atoms with Crippen LogP contribution in [0.3, 0.4) is 0 Å². The Bertz CT molecular complexity index is 1160. The van der Waals surface area contributed by atoms with E-state index in [9.17, 15) is 18.0 Å². The van der Waals surface area contributed by atoms with Crippen LogP contribution >= 0.6 is 11.6 Å². The molecule has 0 unspecified atom stereocenters. The fourth-order valence-corrected chi connectivity index (χ4v) is 4.60. The zero-order chi connectivity index (χ0) is 26.9. The van der Waals surface area contributed by atoms with E-state index in [-0.39, 0.29) is 18.1 Å². The summed E-state index contributed by atoms with van der Waals surface area (Å²) in [4.78, 5) is 27.8. The maximum atomic E-state index is 13.6. The van der Waals surface area contributed by atoms with Crippen LogP contribution in [0.15, 0.2) is 42.5 Å². The molecule has 0 bridgehead atoms. The summed E-state index contributed by atoms with van der Waals surface area (Å²) in [6, 6.07) is 10.7. The average Bonchev–Trinajstić information content (AvgIpc) is 2.84. The molecule has 11 heteroatoms. The predicted molar refractivity (Wildman–Crippen MR) is 141 cm³/mol. The molecule has 1 N–H and O–H groups in total. The Morgan fingerprint density at radius 2 is 1.78 bits per heavy atom. The number of methoxy groups -OCH3 is 2. The van der Waals surface area contributed by atoms with Crippen molar-refractivity contribution in [2.24, 2.45) is 0 Å². The number of nitrogens with zero attached hydrogens (tertiary/aromatic N) is 2. The van der Waals surface area contributed by atoms with E-state index in [4.69, 9.17) is 21.1 Å². The number of rotatable bonds is 13. The summed E-state index contributed by atoms with van der Waals surface area (Å²) in [6.45, 7) is 3.68. The summed E-state index contributed by atoms with van der Waals surface area (Å²) < 4.78 is 36.9. The van der Waals surface area contributed by atoms with Gasteiger partial charge in [0.15, 0.2) is 11.5 Å². The van der Waals surface area contributed by atoms with Gasteiger partial charge >= 0.3 is 0 Å². The summed E-state index contributed by atoms with van der Waals surface area (Å²) in [6.07, 6.45) is 2.73. The molecule has 0 aliphatic rings. The van der Waals surface area contributed by atoms with Crippen molar-refractivity contribution in [2.75, 3.05) is 37.9 Å². The minimum absolute atomic E-state index is 0.0747. The lowest BCUT2D eigenvalue weighted by atomic mass is 10.1. The SMILES string of the molecule is CCCCNC(=O)[C@@H](C)N(Cc1cccc(Cl)c1)C(=O)CN(c1ccc(OC)c(OC)c1)S(C)(=O)=O. The topological polar surface area (TPSA) is 105 Å². The number of halogens is 1. The van der Waals surface area contributed by atoms with Crippen LogP contribution < -0.4 is 19.1 Å². The summed E-state index contributed by atoms with van der Waals surface area (Å²) in [5.41, 5.74) is 0.937. The molecule has 2 aromatic carbocycles. The van der Waals surface area contributed by atoms with Crippen molar-refractivity contribution < 1.29 is 27.5 Å². The van der Waals surface area contributed by atoms with Crippen LogP contribution in [0.1, 0.15) is 32.3 Å². The highest BCUT2D eigenvalue weighted by molar-refractivity contribution is 7.92. The van der Waals surface area contributed by atoms with Gasteiger partial charge in [0.25, 0.3) is 0 Å². The number of anilines is 1. The zero-order valence-corrected chi connectivity index (χ0v) is 22.9. The van der Waals surface area contributed by atoms with Gasteiger partial charge in [-0.3, -0.25) is 13.9 Å². The maximum Gasteiger partial charge on any atom is 0.244 e. The number of amides is 2. The fourth-order valence-electron chi connectivity index (χ4n) is 3.54. The number of unbranched alkanes of at least 4 members (excludes halogenated alkanes) is 1. The first-order valence-electron chi connectivity index (χ1n) is 11.5. The molecule has 0 aliphatic carbocycles. The second kappa shape index (κ2) is 13.4. The van der Waals surface area contributed by atoms with Gasteiger partial charge in [-0.05, 0) is 43.2 Å². The lowest BCUT2D eigenvalue weighted by molar-refractivity contribution is -0.139. The third-order valence-electron chi connectivity index (χ3n) is 5.57. The molecule has 0 saturated heterocycles. The summed E-state index contributed by atoms with van der Waals surface area (Å²) >= 11 is 6.12. The second-order valence-corrected chi connectivity index (χ2v) is 10.6. The quantitative estimate of drug-likeness (QED) is 0.391.